The summed E-state index contributed by atoms with van der Waals surface area (Å²) in [4.78, 5) is 52.2. The van der Waals surface area contributed by atoms with Gasteiger partial charge in [0, 0.05) is 12.6 Å². The van der Waals surface area contributed by atoms with Crippen LogP contribution in [-0.4, -0.2) is 34.6 Å². The molecule has 0 atom stereocenters. The Hall–Kier alpha value is -3.88. The molecule has 0 aliphatic carbocycles. The molecule has 0 unspecified atom stereocenters. The molecule has 0 saturated carbocycles. The van der Waals surface area contributed by atoms with E-state index >= 15 is 0 Å². The third-order valence-electron chi connectivity index (χ3n) is 4.16. The van der Waals surface area contributed by atoms with Crippen LogP contribution in [0.5, 0.6) is 0 Å². The quantitative estimate of drug-likeness (QED) is 0.381. The van der Waals surface area contributed by atoms with Gasteiger partial charge >= 0.3 is 11.7 Å². The second-order valence-electron chi connectivity index (χ2n) is 6.20. The molecule has 30 heavy (non-hydrogen) atoms. The van der Waals surface area contributed by atoms with Crippen molar-refractivity contribution in [2.45, 2.75) is 20.4 Å². The number of hydrogen-bond acceptors (Lipinski definition) is 6. The summed E-state index contributed by atoms with van der Waals surface area (Å²) in [6.07, 6.45) is 6.02. The van der Waals surface area contributed by atoms with Gasteiger partial charge in [-0.3, -0.25) is 19.1 Å². The Kier molecular flexibility index (Phi) is 7.92. The van der Waals surface area contributed by atoms with Crippen LogP contribution in [0.4, 0.5) is 11.5 Å². The predicted molar refractivity (Wildman–Crippen MR) is 114 cm³/mol. The van der Waals surface area contributed by atoms with Gasteiger partial charge in [-0.2, -0.15) is 0 Å². The highest BCUT2D eigenvalue weighted by atomic mass is 16.5. The maximum atomic E-state index is 12.6. The second kappa shape index (κ2) is 10.6. The summed E-state index contributed by atoms with van der Waals surface area (Å²) in [5.41, 5.74) is 5.25. The fourth-order valence-corrected chi connectivity index (χ4v) is 2.72. The van der Waals surface area contributed by atoms with E-state index in [1.54, 1.807) is 38.1 Å². The molecule has 0 spiro atoms. The maximum absolute atomic E-state index is 12.6. The number of carbonyl (C=O) groups excluding carboxylic acids is 2. The van der Waals surface area contributed by atoms with Gasteiger partial charge in [-0.25, -0.2) is 9.59 Å². The summed E-state index contributed by atoms with van der Waals surface area (Å²) >= 11 is 0. The standard InChI is InChI=1S/C21H24N4O5/c1-3-5-7-12-17(27)30-14-16(26)24(4-2)18-19(22)25(21(29)23-20(18)28)13-15-10-8-6-9-11-15/h3,5-12H,4,13-14,22H2,1-2H3,(H,23,28,29)/b5-3+,12-7+. The molecule has 0 aliphatic rings. The number of aromatic amines is 1. The first-order chi connectivity index (χ1) is 14.4. The minimum atomic E-state index is -0.795. The van der Waals surface area contributed by atoms with Crippen molar-refractivity contribution >= 4 is 23.4 Å². The highest BCUT2D eigenvalue weighted by Crippen LogP contribution is 2.17. The minimum Gasteiger partial charge on any atom is -0.452 e. The van der Waals surface area contributed by atoms with Crippen molar-refractivity contribution in [2.75, 3.05) is 23.8 Å². The Morgan fingerprint density at radius 2 is 1.90 bits per heavy atom. The van der Waals surface area contributed by atoms with Crippen molar-refractivity contribution in [1.29, 1.82) is 0 Å². The molecule has 158 valence electrons. The van der Waals surface area contributed by atoms with Crippen molar-refractivity contribution < 1.29 is 14.3 Å². The average molecular weight is 412 g/mol. The molecule has 0 bridgehead atoms. The number of benzene rings is 1. The van der Waals surface area contributed by atoms with Crippen molar-refractivity contribution in [3.05, 3.63) is 81.0 Å². The van der Waals surface area contributed by atoms with Gasteiger partial charge in [0.2, 0.25) is 0 Å². The Balaban J connectivity index is 2.29. The van der Waals surface area contributed by atoms with E-state index in [1.165, 1.54) is 16.7 Å². The number of H-pyrrole nitrogens is 1. The number of ether oxygens (including phenoxy) is 1. The highest BCUT2D eigenvalue weighted by molar-refractivity contribution is 5.97. The molecule has 1 heterocycles. The smallest absolute Gasteiger partial charge is 0.331 e. The van der Waals surface area contributed by atoms with Crippen molar-refractivity contribution in [3.8, 4) is 0 Å². The zero-order valence-corrected chi connectivity index (χ0v) is 16.8. The van der Waals surface area contributed by atoms with E-state index in [-0.39, 0.29) is 24.6 Å². The number of amides is 1. The molecule has 1 aromatic carbocycles. The molecule has 0 fully saturated rings. The number of hydrogen-bond donors (Lipinski definition) is 2. The second-order valence-corrected chi connectivity index (χ2v) is 6.20. The van der Waals surface area contributed by atoms with Crippen LogP contribution >= 0.6 is 0 Å². The van der Waals surface area contributed by atoms with E-state index in [9.17, 15) is 19.2 Å². The first-order valence-electron chi connectivity index (χ1n) is 9.32. The van der Waals surface area contributed by atoms with E-state index in [2.05, 4.69) is 4.98 Å². The predicted octanol–water partition coefficient (Wildman–Crippen LogP) is 1.20. The molecule has 1 amide bonds. The van der Waals surface area contributed by atoms with Gasteiger partial charge in [0.15, 0.2) is 12.3 Å². The summed E-state index contributed by atoms with van der Waals surface area (Å²) in [5.74, 6) is -1.50. The Bertz CT molecular complexity index is 1070. The summed E-state index contributed by atoms with van der Waals surface area (Å²) in [6.45, 7) is 3.05. The average Bonchev–Trinajstić information content (AvgIpc) is 2.73. The first kappa shape index (κ1) is 22.4. The number of nitrogens with two attached hydrogens (primary N) is 1. The van der Waals surface area contributed by atoms with Crippen molar-refractivity contribution in [1.82, 2.24) is 9.55 Å². The van der Waals surface area contributed by atoms with E-state index in [0.29, 0.717) is 0 Å². The zero-order valence-electron chi connectivity index (χ0n) is 16.8. The molecule has 3 N–H and O–H groups in total. The zero-order chi connectivity index (χ0) is 22.1. The molecule has 2 rings (SSSR count). The Morgan fingerprint density at radius 3 is 2.53 bits per heavy atom. The van der Waals surface area contributed by atoms with Crippen molar-refractivity contribution in [2.24, 2.45) is 0 Å². The topological polar surface area (TPSA) is 127 Å². The monoisotopic (exact) mass is 412 g/mol. The molecule has 0 aliphatic heterocycles. The molecule has 9 nitrogen and oxygen atoms in total. The number of aromatic nitrogens is 2. The molecule has 2 aromatic rings. The minimum absolute atomic E-state index is 0.0849. The maximum Gasteiger partial charge on any atom is 0.331 e. The normalized spacial score (nSPS) is 11.1. The summed E-state index contributed by atoms with van der Waals surface area (Å²) in [6, 6.07) is 9.06. The van der Waals surface area contributed by atoms with Gasteiger partial charge in [0.25, 0.3) is 11.5 Å². The van der Waals surface area contributed by atoms with Crippen LogP contribution in [0.1, 0.15) is 19.4 Å². The van der Waals surface area contributed by atoms with Crippen LogP contribution in [0.3, 0.4) is 0 Å². The number of anilines is 2. The van der Waals surface area contributed by atoms with Gasteiger partial charge in [-0.1, -0.05) is 48.6 Å². The molecule has 1 aromatic heterocycles. The van der Waals surface area contributed by atoms with E-state index in [4.69, 9.17) is 10.5 Å². The highest BCUT2D eigenvalue weighted by Gasteiger charge is 2.23. The Labute approximate surface area is 173 Å². The molecular weight excluding hydrogens is 388 g/mol. The third kappa shape index (κ3) is 5.57. The Morgan fingerprint density at radius 1 is 1.20 bits per heavy atom. The van der Waals surface area contributed by atoms with Gasteiger partial charge in [-0.05, 0) is 19.4 Å². The van der Waals surface area contributed by atoms with Crippen LogP contribution in [0.25, 0.3) is 0 Å². The number of esters is 1. The SMILES string of the molecule is C/C=C/C=C/C(=O)OCC(=O)N(CC)c1c(N)n(Cc2ccccc2)c(=O)[nH]c1=O. The summed E-state index contributed by atoms with van der Waals surface area (Å²) in [5, 5.41) is 0. The lowest BCUT2D eigenvalue weighted by molar-refractivity contribution is -0.142. The number of carbonyl (C=O) groups is 2. The van der Waals surface area contributed by atoms with Crippen LogP contribution in [0, 0.1) is 0 Å². The van der Waals surface area contributed by atoms with Gasteiger partial charge < -0.3 is 15.4 Å². The van der Waals surface area contributed by atoms with Crippen LogP contribution in [0.2, 0.25) is 0 Å². The van der Waals surface area contributed by atoms with Crippen LogP contribution in [0.15, 0.2) is 64.2 Å². The van der Waals surface area contributed by atoms with Gasteiger partial charge in [0.1, 0.15) is 5.82 Å². The van der Waals surface area contributed by atoms with E-state index in [0.717, 1.165) is 10.5 Å². The number of nitrogens with one attached hydrogen (secondary N) is 1. The lowest BCUT2D eigenvalue weighted by Gasteiger charge is -2.23. The lowest BCUT2D eigenvalue weighted by atomic mass is 10.2. The van der Waals surface area contributed by atoms with E-state index < -0.39 is 29.7 Å². The van der Waals surface area contributed by atoms with Crippen LogP contribution < -0.4 is 21.9 Å². The molecule has 0 radical (unpaired) electrons. The molecule has 9 heteroatoms. The lowest BCUT2D eigenvalue weighted by Crippen LogP contribution is -2.42. The number of nitrogens with zero attached hydrogens (tertiary/aromatic N) is 2. The van der Waals surface area contributed by atoms with E-state index in [1.807, 2.05) is 18.2 Å². The number of likely N-dealkylation sites (N-methyl/N-ethyl adjacent to an activating group) is 1. The van der Waals surface area contributed by atoms with Gasteiger partial charge in [-0.15, -0.1) is 0 Å². The van der Waals surface area contributed by atoms with Crippen LogP contribution in [-0.2, 0) is 20.9 Å². The first-order valence-corrected chi connectivity index (χ1v) is 9.32. The largest absolute Gasteiger partial charge is 0.452 e. The fraction of sp³-hybridized carbons (Fsp3) is 0.238. The fourth-order valence-electron chi connectivity index (χ4n) is 2.72. The number of allylic oxidation sites excluding steroid dienone is 3. The third-order valence-corrected chi connectivity index (χ3v) is 4.16. The molecular formula is C21H24N4O5. The van der Waals surface area contributed by atoms with Gasteiger partial charge in [0.05, 0.1) is 6.54 Å². The van der Waals surface area contributed by atoms with Crippen molar-refractivity contribution in [3.63, 3.8) is 0 Å². The number of nitrogen functional groups attached to an aromatic ring is 1. The summed E-state index contributed by atoms with van der Waals surface area (Å²) < 4.78 is 6.09. The summed E-state index contributed by atoms with van der Waals surface area (Å²) in [7, 11) is 0. The molecule has 0 saturated heterocycles. The number of rotatable bonds is 8.